The minimum absolute atomic E-state index is 0.0180. The molecule has 1 aliphatic carbocycles. The highest BCUT2D eigenvalue weighted by Crippen LogP contribution is 2.24. The number of carbonyl (C=O) groups excluding carboxylic acids is 2. The maximum absolute atomic E-state index is 12.4. The van der Waals surface area contributed by atoms with Crippen LogP contribution in [0.3, 0.4) is 0 Å². The topological polar surface area (TPSA) is 62.3 Å². The number of likely N-dealkylation sites (tertiary alicyclic amines) is 1. The average molecular weight is 355 g/mol. The van der Waals surface area contributed by atoms with Crippen LogP contribution in [0.2, 0.25) is 0 Å². The zero-order valence-electron chi connectivity index (χ0n) is 15.4. The summed E-state index contributed by atoms with van der Waals surface area (Å²) in [5.74, 6) is 1.09. The van der Waals surface area contributed by atoms with Crippen LogP contribution in [0.1, 0.15) is 55.3 Å². The number of aromatic nitrogens is 1. The molecule has 140 valence electrons. The number of piperidine rings is 1. The van der Waals surface area contributed by atoms with Crippen molar-refractivity contribution in [2.45, 2.75) is 44.9 Å². The number of nitrogens with one attached hydrogen (secondary N) is 1. The van der Waals surface area contributed by atoms with Crippen LogP contribution < -0.4 is 5.32 Å². The molecule has 2 heterocycles. The highest BCUT2D eigenvalue weighted by Gasteiger charge is 2.23. The molecule has 5 nitrogen and oxygen atoms in total. The molecule has 5 heteroatoms. The first kappa shape index (κ1) is 18.6. The molecule has 26 heavy (non-hydrogen) atoms. The van der Waals surface area contributed by atoms with Crippen molar-refractivity contribution in [3.8, 4) is 0 Å². The summed E-state index contributed by atoms with van der Waals surface area (Å²) in [6, 6.07) is 3.59. The van der Waals surface area contributed by atoms with Crippen LogP contribution in [0.25, 0.3) is 0 Å². The Morgan fingerprint density at radius 3 is 2.62 bits per heavy atom. The van der Waals surface area contributed by atoms with E-state index >= 15 is 0 Å². The molecular weight excluding hydrogens is 326 g/mol. The first-order chi connectivity index (χ1) is 12.7. The lowest BCUT2D eigenvalue weighted by Gasteiger charge is -2.32. The molecule has 1 saturated carbocycles. The summed E-state index contributed by atoms with van der Waals surface area (Å²) in [6.07, 6.45) is 15.3. The van der Waals surface area contributed by atoms with Crippen molar-refractivity contribution in [2.75, 3.05) is 19.6 Å². The Hall–Kier alpha value is -2.17. The molecule has 1 saturated heterocycles. The summed E-state index contributed by atoms with van der Waals surface area (Å²) >= 11 is 0. The standard InChI is InChI=1S/C21H29N3O2/c25-20(9-8-17-5-2-1-3-6-17)23-15-18-10-13-24(14-11-18)21(26)19-7-4-12-22-16-19/h4,7-9,12,16-18H,1-3,5-6,10-11,13-15H2,(H,23,25)/b9-8+. The molecule has 0 atom stereocenters. The Bertz CT molecular complexity index is 615. The van der Waals surface area contributed by atoms with Crippen LogP contribution in [-0.2, 0) is 4.79 Å². The molecule has 0 spiro atoms. The minimum atomic E-state index is 0.0180. The number of amides is 2. The molecule has 1 aromatic rings. The van der Waals surface area contributed by atoms with Gasteiger partial charge in [0.25, 0.3) is 5.91 Å². The van der Waals surface area contributed by atoms with E-state index in [0.717, 1.165) is 25.9 Å². The molecule has 1 aliphatic heterocycles. The Morgan fingerprint density at radius 2 is 1.92 bits per heavy atom. The summed E-state index contributed by atoms with van der Waals surface area (Å²) in [5, 5.41) is 3.03. The number of hydrogen-bond acceptors (Lipinski definition) is 3. The van der Waals surface area contributed by atoms with E-state index in [-0.39, 0.29) is 11.8 Å². The van der Waals surface area contributed by atoms with Crippen LogP contribution in [0.4, 0.5) is 0 Å². The molecule has 0 bridgehead atoms. The van der Waals surface area contributed by atoms with Crippen LogP contribution in [-0.4, -0.2) is 41.3 Å². The van der Waals surface area contributed by atoms with E-state index < -0.39 is 0 Å². The number of allylic oxidation sites excluding steroid dienone is 1. The fourth-order valence-electron chi connectivity index (χ4n) is 3.87. The third kappa shape index (κ3) is 5.41. The van der Waals surface area contributed by atoms with E-state index in [1.54, 1.807) is 30.6 Å². The van der Waals surface area contributed by atoms with Gasteiger partial charge in [0.2, 0.25) is 5.91 Å². The van der Waals surface area contributed by atoms with Crippen LogP contribution >= 0.6 is 0 Å². The zero-order valence-corrected chi connectivity index (χ0v) is 15.4. The van der Waals surface area contributed by atoms with Gasteiger partial charge in [-0.1, -0.05) is 25.3 Å². The van der Waals surface area contributed by atoms with Gasteiger partial charge in [-0.3, -0.25) is 14.6 Å². The Kier molecular flexibility index (Phi) is 6.81. The zero-order chi connectivity index (χ0) is 18.2. The molecular formula is C21H29N3O2. The monoisotopic (exact) mass is 355 g/mol. The van der Waals surface area contributed by atoms with Gasteiger partial charge >= 0.3 is 0 Å². The third-order valence-corrected chi connectivity index (χ3v) is 5.54. The van der Waals surface area contributed by atoms with Crippen molar-refractivity contribution in [3.05, 3.63) is 42.2 Å². The second kappa shape index (κ2) is 9.51. The van der Waals surface area contributed by atoms with Crippen molar-refractivity contribution in [3.63, 3.8) is 0 Å². The number of pyridine rings is 1. The lowest BCUT2D eigenvalue weighted by atomic mass is 9.89. The Balaban J connectivity index is 1.36. The summed E-state index contributed by atoms with van der Waals surface area (Å²) < 4.78 is 0. The molecule has 0 unspecified atom stereocenters. The van der Waals surface area contributed by atoms with Gasteiger partial charge in [-0.25, -0.2) is 0 Å². The van der Waals surface area contributed by atoms with Crippen LogP contribution in [0.5, 0.6) is 0 Å². The normalized spacial score (nSPS) is 19.6. The van der Waals surface area contributed by atoms with Crippen molar-refractivity contribution in [2.24, 2.45) is 11.8 Å². The second-order valence-corrected chi connectivity index (χ2v) is 7.48. The molecule has 2 amide bonds. The predicted molar refractivity (Wildman–Crippen MR) is 102 cm³/mol. The first-order valence-electron chi connectivity index (χ1n) is 9.87. The minimum Gasteiger partial charge on any atom is -0.352 e. The highest BCUT2D eigenvalue weighted by molar-refractivity contribution is 5.93. The summed E-state index contributed by atoms with van der Waals surface area (Å²) in [7, 11) is 0. The third-order valence-electron chi connectivity index (χ3n) is 5.54. The van der Waals surface area contributed by atoms with Crippen molar-refractivity contribution in [1.82, 2.24) is 15.2 Å². The maximum Gasteiger partial charge on any atom is 0.255 e. The van der Waals surface area contributed by atoms with E-state index in [0.29, 0.717) is 23.9 Å². The van der Waals surface area contributed by atoms with Gasteiger partial charge < -0.3 is 10.2 Å². The predicted octanol–water partition coefficient (Wildman–Crippen LogP) is 3.19. The van der Waals surface area contributed by atoms with E-state index in [9.17, 15) is 9.59 Å². The SMILES string of the molecule is O=C(/C=C/C1CCCCC1)NCC1CCN(C(=O)c2cccnc2)CC1. The van der Waals surface area contributed by atoms with Gasteiger partial charge in [-0.15, -0.1) is 0 Å². The van der Waals surface area contributed by atoms with Gasteiger partial charge in [0.1, 0.15) is 0 Å². The van der Waals surface area contributed by atoms with Crippen molar-refractivity contribution >= 4 is 11.8 Å². The lowest BCUT2D eigenvalue weighted by Crippen LogP contribution is -2.41. The van der Waals surface area contributed by atoms with E-state index in [4.69, 9.17) is 0 Å². The van der Waals surface area contributed by atoms with Gasteiger partial charge in [0, 0.05) is 32.0 Å². The number of hydrogen-bond donors (Lipinski definition) is 1. The largest absolute Gasteiger partial charge is 0.352 e. The van der Waals surface area contributed by atoms with E-state index in [1.165, 1.54) is 32.1 Å². The molecule has 2 aliphatic rings. The quantitative estimate of drug-likeness (QED) is 0.825. The fraction of sp³-hybridized carbons (Fsp3) is 0.571. The molecule has 0 radical (unpaired) electrons. The maximum atomic E-state index is 12.4. The van der Waals surface area contributed by atoms with Crippen LogP contribution in [0.15, 0.2) is 36.7 Å². The summed E-state index contributed by atoms with van der Waals surface area (Å²) in [5.41, 5.74) is 0.645. The van der Waals surface area contributed by atoms with Gasteiger partial charge in [0.15, 0.2) is 0 Å². The Morgan fingerprint density at radius 1 is 1.15 bits per heavy atom. The highest BCUT2D eigenvalue weighted by atomic mass is 16.2. The van der Waals surface area contributed by atoms with Crippen molar-refractivity contribution in [1.29, 1.82) is 0 Å². The van der Waals surface area contributed by atoms with Crippen LogP contribution in [0, 0.1) is 11.8 Å². The van der Waals surface area contributed by atoms with E-state index in [1.807, 2.05) is 4.90 Å². The number of rotatable bonds is 5. The molecule has 1 aromatic heterocycles. The van der Waals surface area contributed by atoms with Gasteiger partial charge in [0.05, 0.1) is 5.56 Å². The smallest absolute Gasteiger partial charge is 0.255 e. The average Bonchev–Trinajstić information content (AvgIpc) is 2.72. The molecule has 0 aromatic carbocycles. The fourth-order valence-corrected chi connectivity index (χ4v) is 3.87. The molecule has 2 fully saturated rings. The van der Waals surface area contributed by atoms with Crippen molar-refractivity contribution < 1.29 is 9.59 Å². The second-order valence-electron chi connectivity index (χ2n) is 7.48. The van der Waals surface area contributed by atoms with Gasteiger partial charge in [-0.2, -0.15) is 0 Å². The first-order valence-corrected chi connectivity index (χ1v) is 9.87. The van der Waals surface area contributed by atoms with E-state index in [2.05, 4.69) is 16.4 Å². The number of nitrogens with zero attached hydrogens (tertiary/aromatic N) is 2. The summed E-state index contributed by atoms with van der Waals surface area (Å²) in [4.78, 5) is 30.3. The Labute approximate surface area is 155 Å². The molecule has 1 N–H and O–H groups in total. The van der Waals surface area contributed by atoms with Gasteiger partial charge in [-0.05, 0) is 55.7 Å². The molecule has 3 rings (SSSR count). The summed E-state index contributed by atoms with van der Waals surface area (Å²) in [6.45, 7) is 2.18. The lowest BCUT2D eigenvalue weighted by molar-refractivity contribution is -0.116. The number of carbonyl (C=O) groups is 2.